The first-order valence-electron chi connectivity index (χ1n) is 26.1. The quantitative estimate of drug-likeness (QED) is 0.170. The molecule has 0 spiro atoms. The summed E-state index contributed by atoms with van der Waals surface area (Å²) in [4.78, 5) is 5.19. The molecule has 8 saturated carbocycles. The van der Waals surface area contributed by atoms with Gasteiger partial charge in [0.05, 0.1) is 17.0 Å². The molecule has 7 heteroatoms. The zero-order valence-corrected chi connectivity index (χ0v) is 45.2. The fourth-order valence-electron chi connectivity index (χ4n) is 15.4. The Balaban J connectivity index is 0.00000180. The summed E-state index contributed by atoms with van der Waals surface area (Å²) in [6, 6.07) is 22.3. The molecule has 0 unspecified atom stereocenters. The van der Waals surface area contributed by atoms with E-state index in [2.05, 4.69) is 62.9 Å². The first kappa shape index (κ1) is 48.9. The number of rotatable bonds is 6. The molecule has 1 aromatic heterocycles. The standard InChI is InChI=1S/C60H68F3NO2.2CH3.Zr/c1-33-9-11-44(48-21-41(56(3,4)5)23-50(54(48)65)58-27-35-15-36(28-58)17-37(16-35)29-58)46(13-33)52-25-43(60(61,62)63)26-53(64-52)47-14-34(2)10-12-45(47)49-22-42(57(6,7)8)24-51(55(49)66)59-30-38-18-39(31-59)20-40(19-38)32-59;;;/h9-14,21-26,35-40,65-66H,15-20,27-32H2,1-8H3;2*1H3;/q;;;+2/p-2. The minimum absolute atomic E-state index is 0.000226. The average Bonchev–Trinajstić information content (AvgIpc) is 3.25. The van der Waals surface area contributed by atoms with Crippen LogP contribution >= 0.6 is 0 Å². The average molecular weight is 1010 g/mol. The molecule has 0 N–H and O–H groups in total. The normalized spacial score (nSPS) is 27.8. The molecule has 8 fully saturated rings. The summed E-state index contributed by atoms with van der Waals surface area (Å²) in [7, 11) is 0. The zero-order chi connectivity index (χ0) is 49.2. The van der Waals surface area contributed by atoms with Gasteiger partial charge < -0.3 is 10.2 Å². The Hall–Kier alpha value is -3.70. The maximum absolute atomic E-state index is 15.4. The topological polar surface area (TPSA) is 59.0 Å². The van der Waals surface area contributed by atoms with E-state index in [1.54, 1.807) is 0 Å². The second-order valence-corrected chi connectivity index (χ2v) is 27.9. The number of aromatic nitrogens is 1. The fraction of sp³-hybridized carbons (Fsp3) is 0.532. The number of halogens is 3. The summed E-state index contributed by atoms with van der Waals surface area (Å²) >= 11 is 0.230. The molecule has 5 aromatic rings. The first-order chi connectivity index (χ1) is 32.5. The molecule has 8 aliphatic rings. The molecule has 0 atom stereocenters. The molecule has 1 heterocycles. The van der Waals surface area contributed by atoms with Gasteiger partial charge in [0.1, 0.15) is 0 Å². The van der Waals surface area contributed by atoms with E-state index < -0.39 is 11.7 Å². The van der Waals surface area contributed by atoms with Gasteiger partial charge in [0.2, 0.25) is 0 Å². The summed E-state index contributed by atoms with van der Waals surface area (Å²) in [5.41, 5.74) is 7.53. The Bertz CT molecular complexity index is 2560. The number of benzene rings is 4. The van der Waals surface area contributed by atoms with Crippen molar-refractivity contribution < 1.29 is 46.6 Å². The van der Waals surface area contributed by atoms with E-state index in [1.165, 1.54) is 38.5 Å². The molecule has 69 heavy (non-hydrogen) atoms. The van der Waals surface area contributed by atoms with Gasteiger partial charge in [0.15, 0.2) is 0 Å². The van der Waals surface area contributed by atoms with Crippen molar-refractivity contribution in [3.05, 3.63) is 112 Å². The Kier molecular flexibility index (Phi) is 12.4. The van der Waals surface area contributed by atoms with Crippen LogP contribution in [0.2, 0.25) is 9.26 Å². The van der Waals surface area contributed by atoms with E-state index in [-0.39, 0.29) is 67.8 Å². The van der Waals surface area contributed by atoms with Crippen molar-refractivity contribution in [2.45, 2.75) is 170 Å². The van der Waals surface area contributed by atoms with Gasteiger partial charge in [-0.05, 0) is 217 Å². The van der Waals surface area contributed by atoms with Crippen molar-refractivity contribution in [2.24, 2.45) is 35.5 Å². The molecule has 0 radical (unpaired) electrons. The van der Waals surface area contributed by atoms with Crippen molar-refractivity contribution in [1.29, 1.82) is 0 Å². The molecule has 0 saturated heterocycles. The van der Waals surface area contributed by atoms with Crippen LogP contribution in [0.4, 0.5) is 13.2 Å². The van der Waals surface area contributed by atoms with Crippen LogP contribution in [-0.4, -0.2) is 4.98 Å². The second kappa shape index (κ2) is 17.5. The third kappa shape index (κ3) is 9.03. The summed E-state index contributed by atoms with van der Waals surface area (Å²) in [6.07, 6.45) is 9.07. The molecule has 3 nitrogen and oxygen atoms in total. The van der Waals surface area contributed by atoms with E-state index in [4.69, 9.17) is 4.98 Å². The van der Waals surface area contributed by atoms with Crippen molar-refractivity contribution in [2.75, 3.05) is 0 Å². The first-order valence-corrected chi connectivity index (χ1v) is 31.0. The summed E-state index contributed by atoms with van der Waals surface area (Å²) in [6.45, 7) is 16.9. The molecule has 8 bridgehead atoms. The number of hydrogen-bond donors (Lipinski definition) is 0. The Morgan fingerprint density at radius 1 is 0.464 bits per heavy atom. The molecular formula is C62H72F3NO2Zr. The molecule has 0 aliphatic heterocycles. The van der Waals surface area contributed by atoms with E-state index >= 15 is 23.4 Å². The number of pyridine rings is 1. The zero-order valence-electron chi connectivity index (χ0n) is 42.8. The van der Waals surface area contributed by atoms with Gasteiger partial charge in [-0.1, -0.05) is 113 Å². The number of nitrogens with zero attached hydrogens (tertiary/aromatic N) is 1. The predicted molar refractivity (Wildman–Crippen MR) is 268 cm³/mol. The molecule has 4 aromatic carbocycles. The van der Waals surface area contributed by atoms with E-state index in [0.717, 1.165) is 84.0 Å². The van der Waals surface area contributed by atoms with Gasteiger partial charge in [0.25, 0.3) is 0 Å². The second-order valence-electron chi connectivity index (χ2n) is 25.4. The number of aryl methyl sites for hydroxylation is 2. The van der Waals surface area contributed by atoms with Crippen LogP contribution in [0.25, 0.3) is 44.8 Å². The summed E-state index contributed by atoms with van der Waals surface area (Å²) < 4.78 is 50.7. The van der Waals surface area contributed by atoms with Crippen LogP contribution in [0.15, 0.2) is 72.8 Å². The molecular weight excluding hydrogens is 939 g/mol. The summed E-state index contributed by atoms with van der Waals surface area (Å²) in [5.74, 6) is 3.85. The van der Waals surface area contributed by atoms with E-state index in [9.17, 15) is 0 Å². The molecule has 362 valence electrons. The molecule has 0 amide bonds. The minimum atomic E-state index is -4.69. The van der Waals surface area contributed by atoms with Gasteiger partial charge >= 0.3 is 38.7 Å². The van der Waals surface area contributed by atoms with Gasteiger partial charge in [-0.25, -0.2) is 4.98 Å². The van der Waals surface area contributed by atoms with Gasteiger partial charge in [-0.15, -0.1) is 0 Å². The van der Waals surface area contributed by atoms with Crippen LogP contribution in [0.5, 0.6) is 11.5 Å². The molecule has 13 rings (SSSR count). The number of alkyl halides is 3. The van der Waals surface area contributed by atoms with Crippen LogP contribution in [-0.2, 0) is 51.1 Å². The van der Waals surface area contributed by atoms with Crippen molar-refractivity contribution in [3.8, 4) is 56.3 Å². The van der Waals surface area contributed by atoms with Crippen LogP contribution in [0, 0.1) is 49.4 Å². The van der Waals surface area contributed by atoms with Crippen LogP contribution in [0.1, 0.15) is 158 Å². The fourth-order valence-corrected chi connectivity index (χ4v) is 15.4. The predicted octanol–water partition coefficient (Wildman–Crippen LogP) is 16.2. The SMILES string of the molecule is Cc1ccc(-c2cc(C(C)(C)C)cc(C34CC5CC(CC(C5)C3)C4)c2[O-])c(-c2cc(C(F)(F)F)cc(-c3cc(C)ccc3-c3cc(C(C)(C)C)cc(C45CC6CC(CC(C6)C4)C5)c3[O-])n2)c1.[CH3][Zr+2][CH3]. The van der Waals surface area contributed by atoms with Crippen molar-refractivity contribution >= 4 is 0 Å². The van der Waals surface area contributed by atoms with Gasteiger partial charge in [0, 0.05) is 11.1 Å². The van der Waals surface area contributed by atoms with Gasteiger partial charge in [-0.3, -0.25) is 0 Å². The summed E-state index contributed by atoms with van der Waals surface area (Å²) in [5, 5.41) is 30.6. The van der Waals surface area contributed by atoms with E-state index in [1.807, 2.05) is 62.4 Å². The van der Waals surface area contributed by atoms with Crippen molar-refractivity contribution in [1.82, 2.24) is 4.98 Å². The Morgan fingerprint density at radius 2 is 0.783 bits per heavy atom. The van der Waals surface area contributed by atoms with Crippen molar-refractivity contribution in [3.63, 3.8) is 0 Å². The maximum atomic E-state index is 15.4. The third-order valence-electron chi connectivity index (χ3n) is 17.8. The van der Waals surface area contributed by atoms with Crippen LogP contribution in [0.3, 0.4) is 0 Å². The monoisotopic (exact) mass is 1010 g/mol. The Labute approximate surface area is 422 Å². The Morgan fingerprint density at radius 3 is 1.07 bits per heavy atom. The number of hydrogen-bond acceptors (Lipinski definition) is 3. The van der Waals surface area contributed by atoms with Gasteiger partial charge in [-0.2, -0.15) is 13.2 Å². The van der Waals surface area contributed by atoms with Crippen LogP contribution < -0.4 is 10.2 Å². The van der Waals surface area contributed by atoms with E-state index in [0.29, 0.717) is 68.9 Å². The third-order valence-corrected chi connectivity index (χ3v) is 17.8. The molecule has 8 aliphatic carbocycles.